The van der Waals surface area contributed by atoms with E-state index >= 15 is 0 Å². The third kappa shape index (κ3) is 2.30. The van der Waals surface area contributed by atoms with Gasteiger partial charge in [-0.25, -0.2) is 0 Å². The first-order chi connectivity index (χ1) is 6.99. The number of nitrogens with two attached hydrogens (primary N) is 1. The summed E-state index contributed by atoms with van der Waals surface area (Å²) in [5.74, 6) is -0.0228. The van der Waals surface area contributed by atoms with Crippen LogP contribution < -0.4 is 5.73 Å². The minimum Gasteiger partial charge on any atom is -0.506 e. The Hall–Kier alpha value is -1.06. The van der Waals surface area contributed by atoms with Crippen LogP contribution in [-0.4, -0.2) is 17.4 Å². The van der Waals surface area contributed by atoms with E-state index in [0.29, 0.717) is 24.1 Å². The van der Waals surface area contributed by atoms with Gasteiger partial charge in [0, 0.05) is 12.0 Å². The van der Waals surface area contributed by atoms with E-state index in [4.69, 9.17) is 17.3 Å². The Balaban J connectivity index is 3.29. The standard InChI is InChI=1S/C11H14ClNO2/c1-6-5-9(15)11(12)7(2)10(6)8(14)3-4-13/h5,15H,3-4,13H2,1-2H3. The van der Waals surface area contributed by atoms with Gasteiger partial charge in [0.25, 0.3) is 0 Å². The molecule has 3 nitrogen and oxygen atoms in total. The third-order valence-electron chi connectivity index (χ3n) is 2.33. The smallest absolute Gasteiger partial charge is 0.164 e. The number of phenols is 1. The number of halogens is 1. The minimum absolute atomic E-state index is 0.0102. The van der Waals surface area contributed by atoms with Crippen molar-refractivity contribution in [2.24, 2.45) is 5.73 Å². The number of benzene rings is 1. The number of phenolic OH excluding ortho intramolecular Hbond substituents is 1. The van der Waals surface area contributed by atoms with Crippen molar-refractivity contribution in [3.63, 3.8) is 0 Å². The predicted molar refractivity (Wildman–Crippen MR) is 60.6 cm³/mol. The molecule has 0 heterocycles. The van der Waals surface area contributed by atoms with Gasteiger partial charge < -0.3 is 10.8 Å². The maximum Gasteiger partial charge on any atom is 0.164 e. The molecule has 0 radical (unpaired) electrons. The number of hydrogen-bond acceptors (Lipinski definition) is 3. The van der Waals surface area contributed by atoms with Gasteiger partial charge in [0.2, 0.25) is 0 Å². The van der Waals surface area contributed by atoms with E-state index < -0.39 is 0 Å². The molecule has 82 valence electrons. The lowest BCUT2D eigenvalue weighted by Gasteiger charge is -2.11. The molecule has 0 aromatic heterocycles. The van der Waals surface area contributed by atoms with Crippen molar-refractivity contribution >= 4 is 17.4 Å². The van der Waals surface area contributed by atoms with Crippen molar-refractivity contribution < 1.29 is 9.90 Å². The first-order valence-corrected chi connectivity index (χ1v) is 5.08. The fourth-order valence-electron chi connectivity index (χ4n) is 1.62. The Labute approximate surface area is 93.9 Å². The summed E-state index contributed by atoms with van der Waals surface area (Å²) in [4.78, 5) is 11.7. The fraction of sp³-hybridized carbons (Fsp3) is 0.364. The summed E-state index contributed by atoms with van der Waals surface area (Å²) < 4.78 is 0. The average molecular weight is 228 g/mol. The van der Waals surface area contributed by atoms with Crippen molar-refractivity contribution in [1.82, 2.24) is 0 Å². The highest BCUT2D eigenvalue weighted by atomic mass is 35.5. The molecule has 0 bridgehead atoms. The zero-order valence-electron chi connectivity index (χ0n) is 8.80. The molecular formula is C11H14ClNO2. The SMILES string of the molecule is Cc1cc(O)c(Cl)c(C)c1C(=O)CCN. The quantitative estimate of drug-likeness (QED) is 0.779. The molecule has 3 N–H and O–H groups in total. The molecular weight excluding hydrogens is 214 g/mol. The van der Waals surface area contributed by atoms with E-state index in [9.17, 15) is 9.90 Å². The first kappa shape index (κ1) is 12.0. The van der Waals surface area contributed by atoms with E-state index in [1.807, 2.05) is 0 Å². The summed E-state index contributed by atoms with van der Waals surface area (Å²) in [6.07, 6.45) is 0.294. The molecule has 0 amide bonds. The Bertz CT molecular complexity index is 402. The number of aryl methyl sites for hydroxylation is 1. The minimum atomic E-state index is -0.0330. The fourth-order valence-corrected chi connectivity index (χ4v) is 1.77. The van der Waals surface area contributed by atoms with Crippen LogP contribution in [0.1, 0.15) is 27.9 Å². The predicted octanol–water partition coefficient (Wildman–Crippen LogP) is 2.19. The highest BCUT2D eigenvalue weighted by molar-refractivity contribution is 6.33. The van der Waals surface area contributed by atoms with Gasteiger partial charge >= 0.3 is 0 Å². The zero-order chi connectivity index (χ0) is 11.6. The number of ketones is 1. The molecule has 0 atom stereocenters. The normalized spacial score (nSPS) is 10.4. The van der Waals surface area contributed by atoms with Crippen molar-refractivity contribution in [2.45, 2.75) is 20.3 Å². The van der Waals surface area contributed by atoms with Crippen LogP contribution in [0.15, 0.2) is 6.07 Å². The molecule has 0 aliphatic carbocycles. The molecule has 1 aromatic rings. The van der Waals surface area contributed by atoms with Gasteiger partial charge in [0.05, 0.1) is 5.02 Å². The molecule has 0 saturated carbocycles. The summed E-state index contributed by atoms with van der Waals surface area (Å²) in [6.45, 7) is 3.81. The zero-order valence-corrected chi connectivity index (χ0v) is 9.56. The molecule has 0 aliphatic heterocycles. The largest absolute Gasteiger partial charge is 0.506 e. The van der Waals surface area contributed by atoms with Gasteiger partial charge in [0.1, 0.15) is 5.75 Å². The van der Waals surface area contributed by atoms with E-state index in [-0.39, 0.29) is 16.6 Å². The second-order valence-electron chi connectivity index (χ2n) is 3.49. The average Bonchev–Trinajstić information content (AvgIpc) is 2.15. The van der Waals surface area contributed by atoms with Crippen LogP contribution in [0.25, 0.3) is 0 Å². The Kier molecular flexibility index (Phi) is 3.72. The molecule has 0 aliphatic rings. The van der Waals surface area contributed by atoms with Crippen LogP contribution in [0.5, 0.6) is 5.75 Å². The van der Waals surface area contributed by atoms with Gasteiger partial charge in [0.15, 0.2) is 5.78 Å². The van der Waals surface area contributed by atoms with Crippen molar-refractivity contribution in [1.29, 1.82) is 0 Å². The number of carbonyl (C=O) groups excluding carboxylic acids is 1. The second kappa shape index (κ2) is 4.64. The number of Topliss-reactive ketones (excluding diaryl/α,β-unsaturated/α-hetero) is 1. The molecule has 0 unspecified atom stereocenters. The third-order valence-corrected chi connectivity index (χ3v) is 2.80. The lowest BCUT2D eigenvalue weighted by atomic mass is 9.97. The number of carbonyl (C=O) groups is 1. The Morgan fingerprint density at radius 2 is 2.13 bits per heavy atom. The van der Waals surface area contributed by atoms with Gasteiger partial charge in [-0.1, -0.05) is 11.6 Å². The summed E-state index contributed by atoms with van der Waals surface area (Å²) in [5.41, 5.74) is 7.25. The monoisotopic (exact) mass is 227 g/mol. The van der Waals surface area contributed by atoms with Gasteiger partial charge in [-0.05, 0) is 37.6 Å². The molecule has 0 spiro atoms. The van der Waals surface area contributed by atoms with E-state index in [1.165, 1.54) is 6.07 Å². The van der Waals surface area contributed by atoms with Crippen molar-refractivity contribution in [3.8, 4) is 5.75 Å². The van der Waals surface area contributed by atoms with Crippen LogP contribution in [-0.2, 0) is 0 Å². The van der Waals surface area contributed by atoms with Crippen LogP contribution in [0.2, 0.25) is 5.02 Å². The van der Waals surface area contributed by atoms with Crippen molar-refractivity contribution in [3.05, 3.63) is 27.8 Å². The molecule has 0 saturated heterocycles. The molecule has 0 fully saturated rings. The summed E-state index contributed by atoms with van der Waals surface area (Å²) in [6, 6.07) is 1.50. The van der Waals surface area contributed by atoms with Crippen LogP contribution in [0.4, 0.5) is 0 Å². The van der Waals surface area contributed by atoms with E-state index in [0.717, 1.165) is 5.56 Å². The topological polar surface area (TPSA) is 63.3 Å². The van der Waals surface area contributed by atoms with E-state index in [1.54, 1.807) is 13.8 Å². The summed E-state index contributed by atoms with van der Waals surface area (Å²) in [5, 5.41) is 9.69. The number of aromatic hydroxyl groups is 1. The lowest BCUT2D eigenvalue weighted by molar-refractivity contribution is 0.0984. The highest BCUT2D eigenvalue weighted by Gasteiger charge is 2.16. The molecule has 1 aromatic carbocycles. The molecule has 1 rings (SSSR count). The maximum atomic E-state index is 11.7. The van der Waals surface area contributed by atoms with Crippen LogP contribution in [0, 0.1) is 13.8 Å². The van der Waals surface area contributed by atoms with Crippen LogP contribution in [0.3, 0.4) is 0 Å². The summed E-state index contributed by atoms with van der Waals surface area (Å²) >= 11 is 5.87. The first-order valence-electron chi connectivity index (χ1n) is 4.71. The molecule has 4 heteroatoms. The van der Waals surface area contributed by atoms with E-state index in [2.05, 4.69) is 0 Å². The number of rotatable bonds is 3. The van der Waals surface area contributed by atoms with Crippen molar-refractivity contribution in [2.75, 3.05) is 6.54 Å². The Morgan fingerprint density at radius 1 is 1.53 bits per heavy atom. The maximum absolute atomic E-state index is 11.7. The van der Waals surface area contributed by atoms with Gasteiger partial charge in [-0.2, -0.15) is 0 Å². The second-order valence-corrected chi connectivity index (χ2v) is 3.87. The highest BCUT2D eigenvalue weighted by Crippen LogP contribution is 2.32. The summed E-state index contributed by atoms with van der Waals surface area (Å²) in [7, 11) is 0. The van der Waals surface area contributed by atoms with Crippen LogP contribution >= 0.6 is 11.6 Å². The lowest BCUT2D eigenvalue weighted by Crippen LogP contribution is -2.11. The van der Waals surface area contributed by atoms with Gasteiger partial charge in [-0.3, -0.25) is 4.79 Å². The number of hydrogen-bond donors (Lipinski definition) is 2. The Morgan fingerprint density at radius 3 is 2.67 bits per heavy atom. The molecule has 15 heavy (non-hydrogen) atoms. The van der Waals surface area contributed by atoms with Gasteiger partial charge in [-0.15, -0.1) is 0 Å².